The predicted molar refractivity (Wildman–Crippen MR) is 115 cm³/mol. The first-order valence-corrected chi connectivity index (χ1v) is 12.2. The molecule has 0 bridgehead atoms. The molecule has 1 aliphatic rings. The second-order valence-electron chi connectivity index (χ2n) is 7.87. The quantitative estimate of drug-likeness (QED) is 0.531. The molecule has 1 aromatic carbocycles. The molecule has 3 rings (SSSR count). The van der Waals surface area contributed by atoms with E-state index in [-0.39, 0.29) is 18.0 Å². The van der Waals surface area contributed by atoms with Gasteiger partial charge in [-0.25, -0.2) is 13.4 Å². The van der Waals surface area contributed by atoms with Gasteiger partial charge in [-0.05, 0) is 45.4 Å². The van der Waals surface area contributed by atoms with Crippen LogP contribution < -0.4 is 0 Å². The number of nitrogens with zero attached hydrogens (tertiary/aromatic N) is 2. The minimum atomic E-state index is -3.59. The number of rotatable bonds is 10. The van der Waals surface area contributed by atoms with Crippen LogP contribution in [0.25, 0.3) is 11.5 Å². The Kier molecular flexibility index (Phi) is 7.80. The molecule has 0 radical (unpaired) electrons. The lowest BCUT2D eigenvalue weighted by Gasteiger charge is -2.26. The van der Waals surface area contributed by atoms with Crippen LogP contribution >= 0.6 is 0 Å². The van der Waals surface area contributed by atoms with E-state index < -0.39 is 15.6 Å². The molecule has 8 heteroatoms. The van der Waals surface area contributed by atoms with Gasteiger partial charge in [0, 0.05) is 25.1 Å². The molecule has 2 aromatic rings. The highest BCUT2D eigenvalue weighted by Gasteiger charge is 2.22. The Morgan fingerprint density at radius 1 is 1.10 bits per heavy atom. The van der Waals surface area contributed by atoms with Gasteiger partial charge in [-0.15, -0.1) is 0 Å². The van der Waals surface area contributed by atoms with Gasteiger partial charge in [0.05, 0.1) is 24.7 Å². The summed E-state index contributed by atoms with van der Waals surface area (Å²) in [5.74, 6) is -0.110. The van der Waals surface area contributed by atoms with Crippen molar-refractivity contribution in [3.8, 4) is 11.5 Å². The van der Waals surface area contributed by atoms with Crippen molar-refractivity contribution in [3.63, 3.8) is 0 Å². The number of hydrogen-bond donors (Lipinski definition) is 0. The molecular weight excluding hydrogens is 404 g/mol. The van der Waals surface area contributed by atoms with Crippen LogP contribution in [0.3, 0.4) is 0 Å². The Labute approximate surface area is 178 Å². The molecule has 2 heterocycles. The number of unbranched alkanes of at least 4 members (excludes halogenated alkanes) is 1. The first kappa shape index (κ1) is 22.7. The standard InChI is InChI=1S/C22H30N2O5S/c1-17-6-8-19(9-7-17)22-23-21(18(2)29-22)16-30(26,27)15-20(25)5-3-4-10-24-11-13-28-14-12-24/h6-9H,3-5,10-16H2,1-2H3. The molecule has 0 amide bonds. The topological polar surface area (TPSA) is 89.7 Å². The number of hydrogen-bond acceptors (Lipinski definition) is 7. The van der Waals surface area contributed by atoms with Gasteiger partial charge < -0.3 is 9.15 Å². The van der Waals surface area contributed by atoms with Crippen molar-refractivity contribution in [2.45, 2.75) is 38.9 Å². The van der Waals surface area contributed by atoms with Crippen LogP contribution in [0.1, 0.15) is 36.3 Å². The van der Waals surface area contributed by atoms with Crippen LogP contribution in [-0.4, -0.2) is 62.7 Å². The predicted octanol–water partition coefficient (Wildman–Crippen LogP) is 2.94. The van der Waals surface area contributed by atoms with E-state index in [4.69, 9.17) is 9.15 Å². The highest BCUT2D eigenvalue weighted by molar-refractivity contribution is 7.91. The minimum absolute atomic E-state index is 0.239. The molecule has 0 aliphatic carbocycles. The van der Waals surface area contributed by atoms with E-state index in [9.17, 15) is 13.2 Å². The number of sulfone groups is 1. The number of carbonyl (C=O) groups is 1. The summed E-state index contributed by atoms with van der Waals surface area (Å²) in [6.07, 6.45) is 1.87. The van der Waals surface area contributed by atoms with E-state index >= 15 is 0 Å². The fourth-order valence-corrected chi connectivity index (χ4v) is 4.86. The minimum Gasteiger partial charge on any atom is -0.441 e. The molecule has 1 aliphatic heterocycles. The Balaban J connectivity index is 1.48. The average Bonchev–Trinajstić information content (AvgIpc) is 3.06. The molecule has 0 N–H and O–H groups in total. The molecule has 1 saturated heterocycles. The molecule has 164 valence electrons. The van der Waals surface area contributed by atoms with Gasteiger partial charge in [0.25, 0.3) is 0 Å². The second-order valence-corrected chi connectivity index (χ2v) is 9.93. The summed E-state index contributed by atoms with van der Waals surface area (Å²) in [6.45, 7) is 7.96. The third-order valence-corrected chi connectivity index (χ3v) is 6.69. The Bertz CT molecular complexity index is 944. The van der Waals surface area contributed by atoms with Crippen molar-refractivity contribution < 1.29 is 22.4 Å². The number of ketones is 1. The van der Waals surface area contributed by atoms with Gasteiger partial charge in [-0.2, -0.15) is 0 Å². The normalized spacial score (nSPS) is 15.4. The lowest BCUT2D eigenvalue weighted by atomic mass is 10.1. The summed E-state index contributed by atoms with van der Waals surface area (Å²) in [5.41, 5.74) is 2.28. The zero-order valence-corrected chi connectivity index (χ0v) is 18.5. The fourth-order valence-electron chi connectivity index (χ4n) is 3.44. The summed E-state index contributed by atoms with van der Waals surface area (Å²) in [7, 11) is -3.59. The van der Waals surface area contributed by atoms with E-state index in [1.54, 1.807) is 6.92 Å². The maximum Gasteiger partial charge on any atom is 0.226 e. The number of ether oxygens (including phenoxy) is 1. The van der Waals surface area contributed by atoms with Crippen LogP contribution in [0, 0.1) is 13.8 Å². The summed E-state index contributed by atoms with van der Waals surface area (Å²) in [4.78, 5) is 18.9. The van der Waals surface area contributed by atoms with Crippen molar-refractivity contribution >= 4 is 15.6 Å². The molecule has 7 nitrogen and oxygen atoms in total. The van der Waals surface area contributed by atoms with Crippen molar-refractivity contribution in [2.24, 2.45) is 0 Å². The fraction of sp³-hybridized carbons (Fsp3) is 0.545. The molecule has 1 aromatic heterocycles. The van der Waals surface area contributed by atoms with E-state index in [1.807, 2.05) is 31.2 Å². The van der Waals surface area contributed by atoms with Gasteiger partial charge in [0.2, 0.25) is 5.89 Å². The van der Waals surface area contributed by atoms with E-state index in [1.165, 1.54) is 0 Å². The smallest absolute Gasteiger partial charge is 0.226 e. The van der Waals surface area contributed by atoms with Crippen LogP contribution in [0.4, 0.5) is 0 Å². The largest absolute Gasteiger partial charge is 0.441 e. The Morgan fingerprint density at radius 2 is 1.80 bits per heavy atom. The first-order chi connectivity index (χ1) is 14.3. The van der Waals surface area contributed by atoms with E-state index in [2.05, 4.69) is 9.88 Å². The summed E-state index contributed by atoms with van der Waals surface area (Å²) < 4.78 is 36.0. The number of carbonyl (C=O) groups excluding carboxylic acids is 1. The van der Waals surface area contributed by atoms with Gasteiger partial charge in [-0.1, -0.05) is 17.7 Å². The van der Waals surface area contributed by atoms with Crippen LogP contribution in [-0.2, 0) is 25.1 Å². The number of aromatic nitrogens is 1. The van der Waals surface area contributed by atoms with Crippen molar-refractivity contribution in [2.75, 3.05) is 38.6 Å². The van der Waals surface area contributed by atoms with Crippen molar-refractivity contribution in [1.82, 2.24) is 9.88 Å². The van der Waals surface area contributed by atoms with Crippen LogP contribution in [0.15, 0.2) is 28.7 Å². The molecule has 30 heavy (non-hydrogen) atoms. The van der Waals surface area contributed by atoms with Crippen molar-refractivity contribution in [3.05, 3.63) is 41.3 Å². The molecule has 0 atom stereocenters. The Hall–Kier alpha value is -2.03. The molecular formula is C22H30N2O5S. The number of morpholine rings is 1. The van der Waals surface area contributed by atoms with E-state index in [0.717, 1.165) is 50.4 Å². The molecule has 0 unspecified atom stereocenters. The zero-order chi connectivity index (χ0) is 21.6. The highest BCUT2D eigenvalue weighted by atomic mass is 32.2. The molecule has 1 fully saturated rings. The monoisotopic (exact) mass is 434 g/mol. The maximum absolute atomic E-state index is 12.5. The van der Waals surface area contributed by atoms with Crippen molar-refractivity contribution in [1.29, 1.82) is 0 Å². The van der Waals surface area contributed by atoms with Gasteiger partial charge in [0.15, 0.2) is 9.84 Å². The SMILES string of the molecule is Cc1ccc(-c2nc(CS(=O)(=O)CC(=O)CCCCN3CCOCC3)c(C)o2)cc1. The molecule has 0 spiro atoms. The Morgan fingerprint density at radius 3 is 2.50 bits per heavy atom. The highest BCUT2D eigenvalue weighted by Crippen LogP contribution is 2.23. The second kappa shape index (κ2) is 10.3. The summed E-state index contributed by atoms with van der Waals surface area (Å²) >= 11 is 0. The lowest BCUT2D eigenvalue weighted by molar-refractivity contribution is -0.116. The summed E-state index contributed by atoms with van der Waals surface area (Å²) in [6, 6.07) is 7.67. The number of oxazole rings is 1. The first-order valence-electron chi connectivity index (χ1n) is 10.4. The third kappa shape index (κ3) is 6.75. The van der Waals surface area contributed by atoms with E-state index in [0.29, 0.717) is 23.8 Å². The third-order valence-electron chi connectivity index (χ3n) is 5.21. The van der Waals surface area contributed by atoms with Gasteiger partial charge >= 0.3 is 0 Å². The maximum atomic E-state index is 12.5. The van der Waals surface area contributed by atoms with Crippen LogP contribution in [0.5, 0.6) is 0 Å². The van der Waals surface area contributed by atoms with Gasteiger partial charge in [-0.3, -0.25) is 9.69 Å². The van der Waals surface area contributed by atoms with Crippen LogP contribution in [0.2, 0.25) is 0 Å². The lowest BCUT2D eigenvalue weighted by Crippen LogP contribution is -2.36. The van der Waals surface area contributed by atoms with Gasteiger partial charge in [0.1, 0.15) is 17.3 Å². The zero-order valence-electron chi connectivity index (χ0n) is 17.7. The molecule has 0 saturated carbocycles. The summed E-state index contributed by atoms with van der Waals surface area (Å²) in [5, 5.41) is 0. The number of benzene rings is 1. The number of Topliss-reactive ketones (excluding diaryl/α,β-unsaturated/α-hetero) is 1. The average molecular weight is 435 g/mol. The number of aryl methyl sites for hydroxylation is 2.